The van der Waals surface area contributed by atoms with Crippen molar-refractivity contribution >= 4 is 0 Å². The van der Waals surface area contributed by atoms with Crippen LogP contribution in [0.5, 0.6) is 0 Å². The van der Waals surface area contributed by atoms with Crippen LogP contribution in [0.3, 0.4) is 0 Å². The van der Waals surface area contributed by atoms with Crippen LogP contribution in [-0.2, 0) is 11.3 Å². The molecule has 0 amide bonds. The number of hydrogen-bond acceptors (Lipinski definition) is 2. The fraction of sp³-hybridized carbons (Fsp3) is 0.538. The van der Waals surface area contributed by atoms with Gasteiger partial charge < -0.3 is 4.74 Å². The summed E-state index contributed by atoms with van der Waals surface area (Å²) in [5, 5.41) is 0. The lowest BCUT2D eigenvalue weighted by atomic mass is 10.1. The van der Waals surface area contributed by atoms with Gasteiger partial charge in [-0.15, -0.1) is 0 Å². The number of benzene rings is 1. The summed E-state index contributed by atoms with van der Waals surface area (Å²) in [5.41, 5.74) is 1.42. The molecule has 15 heavy (non-hydrogen) atoms. The van der Waals surface area contributed by atoms with E-state index >= 15 is 0 Å². The molecule has 1 aromatic carbocycles. The normalized spacial score (nSPS) is 30.7. The van der Waals surface area contributed by atoms with Crippen molar-refractivity contribution in [2.45, 2.75) is 31.5 Å². The Hall–Kier alpha value is -0.860. The minimum absolute atomic E-state index is 0.538. The number of nitrogens with zero attached hydrogens (tertiary/aromatic N) is 1. The minimum Gasteiger partial charge on any atom is -0.371 e. The van der Waals surface area contributed by atoms with Gasteiger partial charge in [0.1, 0.15) is 0 Å². The minimum atomic E-state index is 0.538. The van der Waals surface area contributed by atoms with Crippen LogP contribution < -0.4 is 0 Å². The van der Waals surface area contributed by atoms with E-state index < -0.39 is 0 Å². The van der Waals surface area contributed by atoms with Crippen molar-refractivity contribution in [3.63, 3.8) is 0 Å². The van der Waals surface area contributed by atoms with Gasteiger partial charge in [0.15, 0.2) is 0 Å². The van der Waals surface area contributed by atoms with Crippen molar-refractivity contribution < 1.29 is 4.74 Å². The van der Waals surface area contributed by atoms with Gasteiger partial charge in [-0.05, 0) is 24.9 Å². The topological polar surface area (TPSA) is 15.8 Å². The zero-order chi connectivity index (χ0) is 10.1. The molecule has 0 saturated carbocycles. The lowest BCUT2D eigenvalue weighted by Gasteiger charge is -2.22. The van der Waals surface area contributed by atoms with Crippen LogP contribution in [0.25, 0.3) is 0 Å². The highest BCUT2D eigenvalue weighted by Gasteiger charge is 2.39. The van der Waals surface area contributed by atoms with Crippen LogP contribution in [0.2, 0.25) is 0 Å². The van der Waals surface area contributed by atoms with Crippen LogP contribution >= 0.6 is 0 Å². The van der Waals surface area contributed by atoms with E-state index in [0.29, 0.717) is 12.1 Å². The van der Waals surface area contributed by atoms with Gasteiger partial charge >= 0.3 is 0 Å². The summed E-state index contributed by atoms with van der Waals surface area (Å²) in [6.45, 7) is 3.31. The van der Waals surface area contributed by atoms with Crippen LogP contribution in [-0.4, -0.2) is 30.2 Å². The molecule has 3 rings (SSSR count). The molecule has 0 radical (unpaired) electrons. The van der Waals surface area contributed by atoms with Gasteiger partial charge in [0.25, 0.3) is 0 Å². The average molecular weight is 203 g/mol. The maximum Gasteiger partial charge on any atom is 0.0964 e. The SMILES string of the molecule is c1ccc(CN2CCCC2C2CO2)cc1. The second-order valence-electron chi connectivity index (χ2n) is 4.54. The van der Waals surface area contributed by atoms with E-state index in [4.69, 9.17) is 4.74 Å². The van der Waals surface area contributed by atoms with E-state index in [-0.39, 0.29) is 0 Å². The summed E-state index contributed by atoms with van der Waals surface area (Å²) in [6, 6.07) is 11.4. The maximum absolute atomic E-state index is 5.42. The van der Waals surface area contributed by atoms with E-state index in [1.54, 1.807) is 0 Å². The number of likely N-dealkylation sites (tertiary alicyclic amines) is 1. The zero-order valence-electron chi connectivity index (χ0n) is 8.93. The molecule has 2 heterocycles. The smallest absolute Gasteiger partial charge is 0.0964 e. The third-order valence-corrected chi connectivity index (χ3v) is 3.43. The Morgan fingerprint density at radius 1 is 1.27 bits per heavy atom. The molecule has 2 nitrogen and oxygen atoms in total. The molecule has 80 valence electrons. The number of hydrogen-bond donors (Lipinski definition) is 0. The zero-order valence-corrected chi connectivity index (χ0v) is 8.93. The fourth-order valence-corrected chi connectivity index (χ4v) is 2.56. The first kappa shape index (κ1) is 9.37. The third kappa shape index (κ3) is 2.06. The van der Waals surface area contributed by atoms with Gasteiger partial charge in [0, 0.05) is 12.6 Å². The number of rotatable bonds is 3. The Labute approximate surface area is 90.8 Å². The predicted octanol–water partition coefficient (Wildman–Crippen LogP) is 2.05. The van der Waals surface area contributed by atoms with Gasteiger partial charge in [-0.3, -0.25) is 4.90 Å². The molecule has 2 unspecified atom stereocenters. The van der Waals surface area contributed by atoms with Gasteiger partial charge in [-0.2, -0.15) is 0 Å². The van der Waals surface area contributed by atoms with Crippen LogP contribution in [0.4, 0.5) is 0 Å². The number of ether oxygens (including phenoxy) is 1. The molecule has 2 heteroatoms. The van der Waals surface area contributed by atoms with Gasteiger partial charge in [-0.25, -0.2) is 0 Å². The molecule has 2 aliphatic rings. The third-order valence-electron chi connectivity index (χ3n) is 3.43. The summed E-state index contributed by atoms with van der Waals surface area (Å²) in [6.07, 6.45) is 3.19. The summed E-state index contributed by atoms with van der Waals surface area (Å²) in [4.78, 5) is 2.58. The summed E-state index contributed by atoms with van der Waals surface area (Å²) in [5.74, 6) is 0. The Balaban J connectivity index is 1.67. The van der Waals surface area contributed by atoms with Crippen molar-refractivity contribution in [3.8, 4) is 0 Å². The second-order valence-corrected chi connectivity index (χ2v) is 4.54. The van der Waals surface area contributed by atoms with E-state index in [1.807, 2.05) is 0 Å². The molecule has 0 aromatic heterocycles. The summed E-state index contributed by atoms with van der Waals surface area (Å²) in [7, 11) is 0. The molecule has 2 saturated heterocycles. The predicted molar refractivity (Wildman–Crippen MR) is 59.6 cm³/mol. The Bertz CT molecular complexity index is 321. The molecule has 0 N–H and O–H groups in total. The Morgan fingerprint density at radius 3 is 2.80 bits per heavy atom. The molecule has 0 aliphatic carbocycles. The average Bonchev–Trinajstić information content (AvgIpc) is 3.02. The molecule has 1 aromatic rings. The maximum atomic E-state index is 5.42. The lowest BCUT2D eigenvalue weighted by Crippen LogP contribution is -2.33. The lowest BCUT2D eigenvalue weighted by molar-refractivity contribution is 0.201. The van der Waals surface area contributed by atoms with E-state index in [1.165, 1.54) is 24.9 Å². The van der Waals surface area contributed by atoms with Crippen molar-refractivity contribution in [1.82, 2.24) is 4.90 Å². The van der Waals surface area contributed by atoms with Gasteiger partial charge in [0.05, 0.1) is 12.7 Å². The highest BCUT2D eigenvalue weighted by molar-refractivity contribution is 5.15. The first-order valence-corrected chi connectivity index (χ1v) is 5.83. The Morgan fingerprint density at radius 2 is 2.07 bits per heavy atom. The van der Waals surface area contributed by atoms with Crippen molar-refractivity contribution in [2.24, 2.45) is 0 Å². The fourth-order valence-electron chi connectivity index (χ4n) is 2.56. The quantitative estimate of drug-likeness (QED) is 0.699. The van der Waals surface area contributed by atoms with Crippen LogP contribution in [0.15, 0.2) is 30.3 Å². The van der Waals surface area contributed by atoms with Crippen LogP contribution in [0.1, 0.15) is 18.4 Å². The summed E-state index contributed by atoms with van der Waals surface area (Å²) < 4.78 is 5.42. The standard InChI is InChI=1S/C13H17NO/c1-2-5-11(6-3-1)9-14-8-4-7-12(14)13-10-15-13/h1-3,5-6,12-13H,4,7-10H2. The monoisotopic (exact) mass is 203 g/mol. The van der Waals surface area contributed by atoms with E-state index in [9.17, 15) is 0 Å². The highest BCUT2D eigenvalue weighted by atomic mass is 16.6. The molecular weight excluding hydrogens is 186 g/mol. The first-order chi connectivity index (χ1) is 7.43. The largest absolute Gasteiger partial charge is 0.371 e. The molecule has 0 spiro atoms. The van der Waals surface area contributed by atoms with E-state index in [0.717, 1.165) is 13.2 Å². The van der Waals surface area contributed by atoms with Crippen molar-refractivity contribution in [2.75, 3.05) is 13.2 Å². The molecule has 2 fully saturated rings. The molecule has 2 aliphatic heterocycles. The van der Waals surface area contributed by atoms with Gasteiger partial charge in [-0.1, -0.05) is 30.3 Å². The molecule has 0 bridgehead atoms. The molecular formula is C13H17NO. The van der Waals surface area contributed by atoms with Crippen molar-refractivity contribution in [3.05, 3.63) is 35.9 Å². The summed E-state index contributed by atoms with van der Waals surface area (Å²) >= 11 is 0. The second kappa shape index (κ2) is 3.95. The van der Waals surface area contributed by atoms with Gasteiger partial charge in [0.2, 0.25) is 0 Å². The van der Waals surface area contributed by atoms with Crippen LogP contribution in [0, 0.1) is 0 Å². The number of epoxide rings is 1. The highest BCUT2D eigenvalue weighted by Crippen LogP contribution is 2.29. The first-order valence-electron chi connectivity index (χ1n) is 5.83. The van der Waals surface area contributed by atoms with E-state index in [2.05, 4.69) is 35.2 Å². The Kier molecular flexibility index (Phi) is 2.47. The van der Waals surface area contributed by atoms with Crippen molar-refractivity contribution in [1.29, 1.82) is 0 Å². The molecule has 2 atom stereocenters.